The summed E-state index contributed by atoms with van der Waals surface area (Å²) in [5.74, 6) is -0.548. The molecule has 7 nitrogen and oxygen atoms in total. The van der Waals surface area contributed by atoms with E-state index in [0.717, 1.165) is 4.90 Å². The average Bonchev–Trinajstić information content (AvgIpc) is 2.46. The van der Waals surface area contributed by atoms with E-state index < -0.39 is 16.9 Å². The molecule has 1 aromatic carbocycles. The van der Waals surface area contributed by atoms with Gasteiger partial charge < -0.3 is 15.2 Å². The van der Waals surface area contributed by atoms with Crippen LogP contribution in [0.2, 0.25) is 0 Å². The topological polar surface area (TPSA) is 102 Å². The van der Waals surface area contributed by atoms with E-state index in [4.69, 9.17) is 9.84 Å². The van der Waals surface area contributed by atoms with E-state index >= 15 is 0 Å². The van der Waals surface area contributed by atoms with E-state index in [1.807, 2.05) is 6.26 Å². The second-order valence-corrected chi connectivity index (χ2v) is 5.16. The number of carbonyl (C=O) groups is 1. The summed E-state index contributed by atoms with van der Waals surface area (Å²) in [5.41, 5.74) is -0.239. The summed E-state index contributed by atoms with van der Waals surface area (Å²) in [5, 5.41) is 22.6. The third kappa shape index (κ3) is 5.00. The first-order valence-corrected chi connectivity index (χ1v) is 7.49. The number of carbonyl (C=O) groups excluding carboxylic acids is 1. The third-order valence-corrected chi connectivity index (χ3v) is 3.55. The highest BCUT2D eigenvalue weighted by Gasteiger charge is 2.22. The molecular formula is C13H18N2O5S. The van der Waals surface area contributed by atoms with Gasteiger partial charge in [-0.1, -0.05) is 0 Å². The molecule has 0 saturated heterocycles. The van der Waals surface area contributed by atoms with Crippen LogP contribution in [0.15, 0.2) is 23.1 Å². The minimum Gasteiger partial charge on any atom is -0.396 e. The number of ether oxygens (including phenoxy) is 1. The predicted octanol–water partition coefficient (Wildman–Crippen LogP) is 1.44. The summed E-state index contributed by atoms with van der Waals surface area (Å²) in [6, 6.07) is 4.00. The van der Waals surface area contributed by atoms with Crippen molar-refractivity contribution >= 4 is 23.4 Å². The van der Waals surface area contributed by atoms with Crippen molar-refractivity contribution in [1.29, 1.82) is 0 Å². The van der Waals surface area contributed by atoms with Crippen LogP contribution in [0, 0.1) is 10.1 Å². The highest BCUT2D eigenvalue weighted by molar-refractivity contribution is 7.98. The van der Waals surface area contributed by atoms with Crippen molar-refractivity contribution in [3.63, 3.8) is 0 Å². The molecule has 1 atom stereocenters. The summed E-state index contributed by atoms with van der Waals surface area (Å²) in [6.07, 6.45) is 2.14. The van der Waals surface area contributed by atoms with Crippen molar-refractivity contribution in [1.82, 2.24) is 5.32 Å². The van der Waals surface area contributed by atoms with Gasteiger partial charge in [-0.25, -0.2) is 0 Å². The van der Waals surface area contributed by atoms with Gasteiger partial charge in [0.2, 0.25) is 0 Å². The molecule has 0 aliphatic heterocycles. The lowest BCUT2D eigenvalue weighted by Crippen LogP contribution is -2.39. The zero-order valence-electron chi connectivity index (χ0n) is 11.9. The Kier molecular flexibility index (Phi) is 7.13. The summed E-state index contributed by atoms with van der Waals surface area (Å²) < 4.78 is 4.95. The number of thioether (sulfide) groups is 1. The lowest BCUT2D eigenvalue weighted by molar-refractivity contribution is -0.385. The Balaban J connectivity index is 3.01. The van der Waals surface area contributed by atoms with Crippen molar-refractivity contribution < 1.29 is 19.6 Å². The van der Waals surface area contributed by atoms with Crippen molar-refractivity contribution in [3.8, 4) is 0 Å². The average molecular weight is 314 g/mol. The Morgan fingerprint density at radius 3 is 2.81 bits per heavy atom. The van der Waals surface area contributed by atoms with Gasteiger partial charge in [0, 0.05) is 24.7 Å². The number of methoxy groups -OCH3 is 1. The number of nitrogens with zero attached hydrogens (tertiary/aromatic N) is 1. The van der Waals surface area contributed by atoms with Gasteiger partial charge in [0.1, 0.15) is 5.56 Å². The van der Waals surface area contributed by atoms with Gasteiger partial charge in [-0.15, -0.1) is 11.8 Å². The quantitative estimate of drug-likeness (QED) is 0.428. The molecule has 2 N–H and O–H groups in total. The van der Waals surface area contributed by atoms with Crippen LogP contribution in [0.5, 0.6) is 0 Å². The molecule has 0 aliphatic carbocycles. The highest BCUT2D eigenvalue weighted by Crippen LogP contribution is 2.24. The zero-order chi connectivity index (χ0) is 15.8. The van der Waals surface area contributed by atoms with Crippen LogP contribution >= 0.6 is 11.8 Å². The molecule has 0 spiro atoms. The minimum atomic E-state index is -0.587. The van der Waals surface area contributed by atoms with Crippen LogP contribution in [0.3, 0.4) is 0 Å². The lowest BCUT2D eigenvalue weighted by atomic mass is 10.1. The van der Waals surface area contributed by atoms with E-state index in [1.54, 1.807) is 6.07 Å². The number of amides is 1. The molecular weight excluding hydrogens is 296 g/mol. The summed E-state index contributed by atoms with van der Waals surface area (Å²) >= 11 is 1.39. The number of benzene rings is 1. The molecule has 0 fully saturated rings. The maximum Gasteiger partial charge on any atom is 0.282 e. The van der Waals surface area contributed by atoms with Crippen LogP contribution in [0.1, 0.15) is 16.8 Å². The van der Waals surface area contributed by atoms with Gasteiger partial charge in [-0.05, 0) is 24.8 Å². The number of nitro groups is 1. The summed E-state index contributed by atoms with van der Waals surface area (Å²) in [4.78, 5) is 23.4. The SMILES string of the molecule is COCC(CCO)NC(=O)c1cc(SC)ccc1[N+](=O)[O-]. The number of aliphatic hydroxyl groups excluding tert-OH is 1. The van der Waals surface area contributed by atoms with Crippen LogP contribution < -0.4 is 5.32 Å². The monoisotopic (exact) mass is 314 g/mol. The zero-order valence-corrected chi connectivity index (χ0v) is 12.7. The van der Waals surface area contributed by atoms with E-state index in [2.05, 4.69) is 5.32 Å². The minimum absolute atomic E-state index is 0.00546. The Morgan fingerprint density at radius 2 is 2.29 bits per heavy atom. The van der Waals surface area contributed by atoms with Crippen molar-refractivity contribution in [2.24, 2.45) is 0 Å². The second-order valence-electron chi connectivity index (χ2n) is 4.28. The molecule has 0 aliphatic rings. The number of nitro benzene ring substituents is 1. The van der Waals surface area contributed by atoms with Gasteiger partial charge in [0.05, 0.1) is 17.6 Å². The first kappa shape index (κ1) is 17.4. The standard InChI is InChI=1S/C13H18N2O5S/c1-20-8-9(5-6-16)14-13(17)11-7-10(21-2)3-4-12(11)15(18)19/h3-4,7,9,16H,5-6,8H2,1-2H3,(H,14,17). The smallest absolute Gasteiger partial charge is 0.282 e. The number of hydrogen-bond donors (Lipinski definition) is 2. The largest absolute Gasteiger partial charge is 0.396 e. The number of nitrogens with one attached hydrogen (secondary N) is 1. The third-order valence-electron chi connectivity index (χ3n) is 2.83. The van der Waals surface area contributed by atoms with Gasteiger partial charge in [-0.2, -0.15) is 0 Å². The van der Waals surface area contributed by atoms with Gasteiger partial charge >= 0.3 is 0 Å². The molecule has 0 saturated carbocycles. The summed E-state index contributed by atoms with van der Waals surface area (Å²) in [6.45, 7) is 0.115. The van der Waals surface area contributed by atoms with Gasteiger partial charge in [0.15, 0.2) is 0 Å². The molecule has 1 rings (SSSR count). The maximum atomic E-state index is 12.2. The lowest BCUT2D eigenvalue weighted by Gasteiger charge is -2.17. The molecule has 1 aromatic rings. The highest BCUT2D eigenvalue weighted by atomic mass is 32.2. The van der Waals surface area contributed by atoms with Crippen LogP contribution in [0.4, 0.5) is 5.69 Å². The first-order chi connectivity index (χ1) is 10.0. The fraction of sp³-hybridized carbons (Fsp3) is 0.462. The van der Waals surface area contributed by atoms with Crippen LogP contribution in [-0.4, -0.2) is 48.6 Å². The second kappa shape index (κ2) is 8.60. The Morgan fingerprint density at radius 1 is 1.57 bits per heavy atom. The fourth-order valence-corrected chi connectivity index (χ4v) is 2.24. The van der Waals surface area contributed by atoms with Gasteiger partial charge in [0.25, 0.3) is 11.6 Å². The molecule has 0 heterocycles. The first-order valence-electron chi connectivity index (χ1n) is 6.26. The molecule has 8 heteroatoms. The maximum absolute atomic E-state index is 12.2. The molecule has 0 bridgehead atoms. The molecule has 0 aromatic heterocycles. The molecule has 116 valence electrons. The number of rotatable bonds is 8. The van der Waals surface area contributed by atoms with E-state index in [0.29, 0.717) is 6.42 Å². The molecule has 1 unspecified atom stereocenters. The van der Waals surface area contributed by atoms with Crippen LogP contribution in [0.25, 0.3) is 0 Å². The predicted molar refractivity (Wildman–Crippen MR) is 79.7 cm³/mol. The fourth-order valence-electron chi connectivity index (χ4n) is 1.80. The summed E-state index contributed by atoms with van der Waals surface area (Å²) in [7, 11) is 1.48. The Labute approximate surface area is 126 Å². The van der Waals surface area contributed by atoms with E-state index in [1.165, 1.54) is 31.0 Å². The number of hydrogen-bond acceptors (Lipinski definition) is 6. The normalized spacial score (nSPS) is 12.0. The van der Waals surface area contributed by atoms with Crippen molar-refractivity contribution in [2.75, 3.05) is 26.6 Å². The molecule has 1 amide bonds. The van der Waals surface area contributed by atoms with Crippen molar-refractivity contribution in [3.05, 3.63) is 33.9 Å². The van der Waals surface area contributed by atoms with E-state index in [9.17, 15) is 14.9 Å². The molecule has 21 heavy (non-hydrogen) atoms. The van der Waals surface area contributed by atoms with Gasteiger partial charge in [-0.3, -0.25) is 14.9 Å². The Bertz CT molecular complexity index is 503. The van der Waals surface area contributed by atoms with E-state index in [-0.39, 0.29) is 24.5 Å². The van der Waals surface area contributed by atoms with Crippen molar-refractivity contribution in [2.45, 2.75) is 17.4 Å². The molecule has 0 radical (unpaired) electrons. The Hall–Kier alpha value is -1.64. The van der Waals surface area contributed by atoms with Crippen LogP contribution in [-0.2, 0) is 4.74 Å². The number of aliphatic hydroxyl groups is 1.